The summed E-state index contributed by atoms with van der Waals surface area (Å²) >= 11 is 0. The van der Waals surface area contributed by atoms with Gasteiger partial charge >= 0.3 is 0 Å². The minimum absolute atomic E-state index is 0.274. The number of hydrogen-bond acceptors (Lipinski definition) is 0. The van der Waals surface area contributed by atoms with E-state index in [4.69, 9.17) is 0 Å². The zero-order valence-electron chi connectivity index (χ0n) is 8.59. The fourth-order valence-electron chi connectivity index (χ4n) is 2.51. The minimum Gasteiger partial charge on any atom is -0.0870 e. The van der Waals surface area contributed by atoms with Crippen molar-refractivity contribution in [1.82, 2.24) is 0 Å². The molecule has 0 bridgehead atoms. The van der Waals surface area contributed by atoms with E-state index in [1.54, 1.807) is 5.57 Å². The SMILES string of the molecule is CC(C)C12C=CCC=C1CCC=C2. The Hall–Kier alpha value is -0.780. The van der Waals surface area contributed by atoms with E-state index in [1.165, 1.54) is 12.8 Å². The first-order valence-electron chi connectivity index (χ1n) is 5.30. The van der Waals surface area contributed by atoms with Gasteiger partial charge in [0.25, 0.3) is 0 Å². The van der Waals surface area contributed by atoms with Gasteiger partial charge in [-0.15, -0.1) is 0 Å². The molecule has 0 nitrogen and oxygen atoms in total. The average Bonchev–Trinajstić information content (AvgIpc) is 2.17. The van der Waals surface area contributed by atoms with Gasteiger partial charge in [-0.3, -0.25) is 0 Å². The highest BCUT2D eigenvalue weighted by atomic mass is 14.4. The molecule has 0 aliphatic heterocycles. The molecule has 0 saturated heterocycles. The second kappa shape index (κ2) is 3.17. The van der Waals surface area contributed by atoms with E-state index in [0.29, 0.717) is 5.92 Å². The van der Waals surface area contributed by atoms with E-state index >= 15 is 0 Å². The van der Waals surface area contributed by atoms with E-state index in [0.717, 1.165) is 6.42 Å². The summed E-state index contributed by atoms with van der Waals surface area (Å²) in [7, 11) is 0. The van der Waals surface area contributed by atoms with Gasteiger partial charge in [0, 0.05) is 5.41 Å². The summed E-state index contributed by atoms with van der Waals surface area (Å²) in [6, 6.07) is 0. The summed E-state index contributed by atoms with van der Waals surface area (Å²) in [6.07, 6.45) is 15.5. The van der Waals surface area contributed by atoms with Gasteiger partial charge in [0.1, 0.15) is 0 Å². The maximum atomic E-state index is 2.42. The standard InChI is InChI=1S/C13H18/c1-11(2)13-9-5-3-7-12(13)8-4-6-10-13/h5-7,9-11H,3-4,8H2,1-2H3. The van der Waals surface area contributed by atoms with Crippen LogP contribution in [0.5, 0.6) is 0 Å². The van der Waals surface area contributed by atoms with Crippen LogP contribution in [-0.2, 0) is 0 Å². The van der Waals surface area contributed by atoms with Gasteiger partial charge in [-0.05, 0) is 25.2 Å². The molecule has 0 aromatic heterocycles. The summed E-state index contributed by atoms with van der Waals surface area (Å²) in [6.45, 7) is 4.64. The van der Waals surface area contributed by atoms with E-state index in [1.807, 2.05) is 0 Å². The monoisotopic (exact) mass is 174 g/mol. The zero-order chi connectivity index (χ0) is 9.31. The lowest BCUT2D eigenvalue weighted by atomic mass is 9.65. The molecule has 0 heterocycles. The smallest absolute Gasteiger partial charge is 0.0294 e. The molecule has 0 aromatic rings. The predicted octanol–water partition coefficient (Wildman–Crippen LogP) is 3.87. The third-order valence-corrected chi connectivity index (χ3v) is 3.38. The minimum atomic E-state index is 0.274. The maximum absolute atomic E-state index is 2.42. The summed E-state index contributed by atoms with van der Waals surface area (Å²) in [5.41, 5.74) is 1.92. The fraction of sp³-hybridized carbons (Fsp3) is 0.538. The van der Waals surface area contributed by atoms with Crippen LogP contribution >= 0.6 is 0 Å². The Balaban J connectivity index is 2.43. The predicted molar refractivity (Wildman–Crippen MR) is 57.5 cm³/mol. The van der Waals surface area contributed by atoms with Gasteiger partial charge in [0.15, 0.2) is 0 Å². The number of rotatable bonds is 1. The molecule has 0 amide bonds. The Bertz CT molecular complexity index is 278. The lowest BCUT2D eigenvalue weighted by Crippen LogP contribution is -2.28. The number of allylic oxidation sites excluding steroid dienone is 6. The highest BCUT2D eigenvalue weighted by Gasteiger charge is 2.34. The Kier molecular flexibility index (Phi) is 2.15. The third kappa shape index (κ3) is 1.29. The summed E-state index contributed by atoms with van der Waals surface area (Å²) in [5, 5.41) is 0. The van der Waals surface area contributed by atoms with Crippen LogP contribution in [0.25, 0.3) is 0 Å². The second-order valence-electron chi connectivity index (χ2n) is 4.40. The van der Waals surface area contributed by atoms with E-state index in [9.17, 15) is 0 Å². The second-order valence-corrected chi connectivity index (χ2v) is 4.40. The van der Waals surface area contributed by atoms with Crippen molar-refractivity contribution in [3.63, 3.8) is 0 Å². The van der Waals surface area contributed by atoms with Crippen molar-refractivity contribution in [3.05, 3.63) is 36.0 Å². The number of hydrogen-bond donors (Lipinski definition) is 0. The third-order valence-electron chi connectivity index (χ3n) is 3.38. The van der Waals surface area contributed by atoms with Crippen LogP contribution in [0.4, 0.5) is 0 Å². The molecule has 0 aromatic carbocycles. The highest BCUT2D eigenvalue weighted by molar-refractivity contribution is 5.36. The molecular formula is C13H18. The van der Waals surface area contributed by atoms with Crippen LogP contribution in [0.2, 0.25) is 0 Å². The van der Waals surface area contributed by atoms with Crippen molar-refractivity contribution in [2.24, 2.45) is 11.3 Å². The lowest BCUT2D eigenvalue weighted by Gasteiger charge is -2.39. The van der Waals surface area contributed by atoms with E-state index in [2.05, 4.69) is 44.2 Å². The first-order chi connectivity index (χ1) is 6.26. The Morgan fingerprint density at radius 2 is 2.00 bits per heavy atom. The molecule has 0 spiro atoms. The van der Waals surface area contributed by atoms with E-state index in [-0.39, 0.29) is 5.41 Å². The summed E-state index contributed by atoms with van der Waals surface area (Å²) < 4.78 is 0. The molecule has 2 aliphatic rings. The molecule has 0 N–H and O–H groups in total. The van der Waals surface area contributed by atoms with Crippen LogP contribution in [0.3, 0.4) is 0 Å². The van der Waals surface area contributed by atoms with Crippen LogP contribution in [-0.4, -0.2) is 0 Å². The topological polar surface area (TPSA) is 0 Å². The van der Waals surface area contributed by atoms with Crippen LogP contribution in [0.15, 0.2) is 36.0 Å². The van der Waals surface area contributed by atoms with Crippen LogP contribution in [0, 0.1) is 11.3 Å². The first kappa shape index (κ1) is 8.80. The van der Waals surface area contributed by atoms with Gasteiger partial charge in [0.2, 0.25) is 0 Å². The molecule has 1 atom stereocenters. The fourth-order valence-corrected chi connectivity index (χ4v) is 2.51. The molecule has 70 valence electrons. The van der Waals surface area contributed by atoms with Crippen molar-refractivity contribution < 1.29 is 0 Å². The van der Waals surface area contributed by atoms with Crippen LogP contribution < -0.4 is 0 Å². The molecule has 0 saturated carbocycles. The van der Waals surface area contributed by atoms with Crippen molar-refractivity contribution >= 4 is 0 Å². The maximum Gasteiger partial charge on any atom is 0.0294 e. The Morgan fingerprint density at radius 1 is 1.23 bits per heavy atom. The lowest BCUT2D eigenvalue weighted by molar-refractivity contribution is 0.382. The molecule has 1 unspecified atom stereocenters. The molecule has 2 rings (SSSR count). The highest BCUT2D eigenvalue weighted by Crippen LogP contribution is 2.45. The Labute approximate surface area is 81.0 Å². The first-order valence-corrected chi connectivity index (χ1v) is 5.30. The largest absolute Gasteiger partial charge is 0.0870 e. The average molecular weight is 174 g/mol. The molecular weight excluding hydrogens is 156 g/mol. The van der Waals surface area contributed by atoms with Crippen LogP contribution in [0.1, 0.15) is 33.1 Å². The Morgan fingerprint density at radius 3 is 2.69 bits per heavy atom. The van der Waals surface area contributed by atoms with Crippen molar-refractivity contribution in [1.29, 1.82) is 0 Å². The van der Waals surface area contributed by atoms with Gasteiger partial charge in [-0.1, -0.05) is 49.8 Å². The molecule has 0 heteroatoms. The quantitative estimate of drug-likeness (QED) is 0.529. The van der Waals surface area contributed by atoms with Crippen molar-refractivity contribution in [3.8, 4) is 0 Å². The molecule has 2 aliphatic carbocycles. The van der Waals surface area contributed by atoms with Gasteiger partial charge in [-0.25, -0.2) is 0 Å². The molecule has 0 radical (unpaired) electrons. The van der Waals surface area contributed by atoms with Gasteiger partial charge in [0.05, 0.1) is 0 Å². The summed E-state index contributed by atoms with van der Waals surface area (Å²) in [5.74, 6) is 0.687. The summed E-state index contributed by atoms with van der Waals surface area (Å²) in [4.78, 5) is 0. The van der Waals surface area contributed by atoms with Gasteiger partial charge in [-0.2, -0.15) is 0 Å². The van der Waals surface area contributed by atoms with E-state index < -0.39 is 0 Å². The zero-order valence-corrected chi connectivity index (χ0v) is 8.59. The molecule has 0 fully saturated rings. The number of fused-ring (bicyclic) bond motifs is 1. The van der Waals surface area contributed by atoms with Crippen molar-refractivity contribution in [2.45, 2.75) is 33.1 Å². The normalized spacial score (nSPS) is 31.8. The molecule has 13 heavy (non-hydrogen) atoms. The van der Waals surface area contributed by atoms with Crippen molar-refractivity contribution in [2.75, 3.05) is 0 Å². The van der Waals surface area contributed by atoms with Gasteiger partial charge < -0.3 is 0 Å².